The van der Waals surface area contributed by atoms with Crippen molar-refractivity contribution < 1.29 is 17.9 Å². The molecule has 2 aromatic rings. The van der Waals surface area contributed by atoms with Gasteiger partial charge in [-0.25, -0.2) is 8.78 Å². The monoisotopic (exact) mass is 428 g/mol. The Balaban J connectivity index is 1.52. The van der Waals surface area contributed by atoms with Crippen LogP contribution in [0.25, 0.3) is 0 Å². The summed E-state index contributed by atoms with van der Waals surface area (Å²) in [6.07, 6.45) is 11.1. The predicted molar refractivity (Wildman–Crippen MR) is 118 cm³/mol. The van der Waals surface area contributed by atoms with Crippen LogP contribution in [0.5, 0.6) is 11.5 Å². The second kappa shape index (κ2) is 9.50. The van der Waals surface area contributed by atoms with E-state index in [9.17, 15) is 13.2 Å². The first-order valence-electron chi connectivity index (χ1n) is 11.7. The number of aryl methyl sites for hydroxylation is 2. The van der Waals surface area contributed by atoms with E-state index >= 15 is 0 Å². The first kappa shape index (κ1) is 22.0. The fourth-order valence-corrected chi connectivity index (χ4v) is 4.94. The molecule has 0 radical (unpaired) electrons. The molecular weight excluding hydrogens is 397 g/mol. The van der Waals surface area contributed by atoms with Crippen molar-refractivity contribution in [2.24, 2.45) is 5.92 Å². The molecule has 0 N–H and O–H groups in total. The van der Waals surface area contributed by atoms with Crippen molar-refractivity contribution in [1.29, 1.82) is 0 Å². The average Bonchev–Trinajstić information content (AvgIpc) is 2.78. The summed E-state index contributed by atoms with van der Waals surface area (Å²) in [7, 11) is 0. The molecule has 1 nitrogen and oxygen atoms in total. The Labute approximate surface area is 183 Å². The lowest BCUT2D eigenvalue weighted by molar-refractivity contribution is 0.377. The summed E-state index contributed by atoms with van der Waals surface area (Å²) < 4.78 is 50.1. The second-order valence-electron chi connectivity index (χ2n) is 9.00. The van der Waals surface area contributed by atoms with E-state index in [4.69, 9.17) is 4.74 Å². The molecule has 0 spiro atoms. The summed E-state index contributed by atoms with van der Waals surface area (Å²) in [6.45, 7) is 4.19. The summed E-state index contributed by atoms with van der Waals surface area (Å²) in [5, 5.41) is 0. The highest BCUT2D eigenvalue weighted by atomic mass is 19.2. The van der Waals surface area contributed by atoms with Crippen molar-refractivity contribution in [1.82, 2.24) is 0 Å². The molecule has 1 aliphatic carbocycles. The zero-order valence-electron chi connectivity index (χ0n) is 18.5. The summed E-state index contributed by atoms with van der Waals surface area (Å²) >= 11 is 0. The molecule has 0 saturated carbocycles. The maximum absolute atomic E-state index is 14.9. The predicted octanol–water partition coefficient (Wildman–Crippen LogP) is 8.21. The molecule has 0 amide bonds. The molecule has 166 valence electrons. The fraction of sp³-hybridized carbons (Fsp3) is 0.481. The molecule has 1 unspecified atom stereocenters. The normalized spacial score (nSPS) is 17.6. The molecule has 31 heavy (non-hydrogen) atoms. The maximum Gasteiger partial charge on any atom is 0.201 e. The standard InChI is InChI=1S/C27H31F3O/c1-3-5-17-7-9-18(10-8-17)11-12-20-15-22-16-21-14-13-19(6-4-2)24(29)26(21)31-27(22)25(30)23(20)28/h9,13-15,17H,3-8,10-12,16H2,1-2H3. The van der Waals surface area contributed by atoms with Gasteiger partial charge < -0.3 is 4.74 Å². The number of benzene rings is 2. The molecular formula is C27H31F3O. The van der Waals surface area contributed by atoms with Gasteiger partial charge in [-0.1, -0.05) is 56.9 Å². The molecule has 2 aliphatic rings. The molecule has 4 heteroatoms. The van der Waals surface area contributed by atoms with Gasteiger partial charge in [-0.05, 0) is 61.6 Å². The highest BCUT2D eigenvalue weighted by Crippen LogP contribution is 2.42. The molecule has 0 saturated heterocycles. The average molecular weight is 429 g/mol. The van der Waals surface area contributed by atoms with E-state index in [1.807, 2.05) is 13.0 Å². The van der Waals surface area contributed by atoms with Crippen molar-refractivity contribution in [3.63, 3.8) is 0 Å². The Morgan fingerprint density at radius 3 is 2.39 bits per heavy atom. The van der Waals surface area contributed by atoms with Crippen LogP contribution in [0.3, 0.4) is 0 Å². The Bertz CT molecular complexity index is 993. The van der Waals surface area contributed by atoms with Crippen LogP contribution in [0.1, 0.15) is 81.0 Å². The molecule has 0 bridgehead atoms. The third kappa shape index (κ3) is 4.53. The first-order chi connectivity index (χ1) is 15.0. The smallest absolute Gasteiger partial charge is 0.201 e. The summed E-state index contributed by atoms with van der Waals surface area (Å²) in [5.41, 5.74) is 3.53. The lowest BCUT2D eigenvalue weighted by atomic mass is 9.85. The lowest BCUT2D eigenvalue weighted by Gasteiger charge is -2.24. The van der Waals surface area contributed by atoms with E-state index in [2.05, 4.69) is 13.0 Å². The van der Waals surface area contributed by atoms with Gasteiger partial charge in [0.05, 0.1) is 0 Å². The molecule has 4 rings (SSSR count). The molecule has 1 atom stereocenters. The minimum Gasteiger partial charge on any atom is -0.450 e. The van der Waals surface area contributed by atoms with Gasteiger partial charge in [0.25, 0.3) is 0 Å². The number of hydrogen-bond acceptors (Lipinski definition) is 1. The molecule has 0 fully saturated rings. The van der Waals surface area contributed by atoms with E-state index in [1.165, 1.54) is 24.8 Å². The minimum atomic E-state index is -1.00. The van der Waals surface area contributed by atoms with Crippen molar-refractivity contribution in [2.45, 2.75) is 78.1 Å². The Hall–Kier alpha value is -2.23. The summed E-state index contributed by atoms with van der Waals surface area (Å²) in [5.74, 6) is -1.69. The number of rotatable bonds is 7. The minimum absolute atomic E-state index is 0.0403. The van der Waals surface area contributed by atoms with Crippen LogP contribution in [0.15, 0.2) is 29.8 Å². The zero-order valence-corrected chi connectivity index (χ0v) is 18.5. The third-order valence-corrected chi connectivity index (χ3v) is 6.70. The van der Waals surface area contributed by atoms with E-state index in [0.29, 0.717) is 41.5 Å². The van der Waals surface area contributed by atoms with Crippen LogP contribution in [0.2, 0.25) is 0 Å². The second-order valence-corrected chi connectivity index (χ2v) is 9.00. The van der Waals surface area contributed by atoms with Gasteiger partial charge in [0.1, 0.15) is 0 Å². The number of fused-ring (bicyclic) bond motifs is 2. The van der Waals surface area contributed by atoms with Crippen LogP contribution in [0.4, 0.5) is 13.2 Å². The Morgan fingerprint density at radius 2 is 1.68 bits per heavy atom. The summed E-state index contributed by atoms with van der Waals surface area (Å²) in [4.78, 5) is 0. The van der Waals surface area contributed by atoms with Crippen molar-refractivity contribution in [3.8, 4) is 11.5 Å². The van der Waals surface area contributed by atoms with Crippen molar-refractivity contribution in [3.05, 3.63) is 69.6 Å². The molecule has 2 aromatic carbocycles. The highest BCUT2D eigenvalue weighted by Gasteiger charge is 2.28. The number of ether oxygens (including phenoxy) is 1. The van der Waals surface area contributed by atoms with Crippen LogP contribution < -0.4 is 4.74 Å². The van der Waals surface area contributed by atoms with Gasteiger partial charge >= 0.3 is 0 Å². The number of hydrogen-bond donors (Lipinski definition) is 0. The highest BCUT2D eigenvalue weighted by molar-refractivity contribution is 5.53. The van der Waals surface area contributed by atoms with Gasteiger partial charge in [0, 0.05) is 17.5 Å². The van der Waals surface area contributed by atoms with Crippen LogP contribution in [0, 0.1) is 23.4 Å². The SMILES string of the molecule is CCCc1ccc2c(c1F)Oc1c(cc(CCC3=CCC(CCC)CC3)c(F)c1F)C2. The third-order valence-electron chi connectivity index (χ3n) is 6.70. The van der Waals surface area contributed by atoms with Crippen LogP contribution in [-0.2, 0) is 19.3 Å². The van der Waals surface area contributed by atoms with E-state index in [0.717, 1.165) is 31.6 Å². The first-order valence-corrected chi connectivity index (χ1v) is 11.7. The Kier molecular flexibility index (Phi) is 6.74. The largest absolute Gasteiger partial charge is 0.450 e. The topological polar surface area (TPSA) is 9.23 Å². The molecule has 1 heterocycles. The molecule has 1 aliphatic heterocycles. The molecule has 0 aromatic heterocycles. The van der Waals surface area contributed by atoms with Crippen LogP contribution in [-0.4, -0.2) is 0 Å². The van der Waals surface area contributed by atoms with Gasteiger partial charge in [-0.2, -0.15) is 4.39 Å². The van der Waals surface area contributed by atoms with Crippen LogP contribution >= 0.6 is 0 Å². The van der Waals surface area contributed by atoms with Gasteiger partial charge in [0.15, 0.2) is 23.1 Å². The lowest BCUT2D eigenvalue weighted by Crippen LogP contribution is -2.11. The van der Waals surface area contributed by atoms with Gasteiger partial charge in [0.2, 0.25) is 5.82 Å². The number of halogens is 3. The van der Waals surface area contributed by atoms with Gasteiger partial charge in [-0.3, -0.25) is 0 Å². The van der Waals surface area contributed by atoms with Crippen molar-refractivity contribution in [2.75, 3.05) is 0 Å². The quantitative estimate of drug-likeness (QED) is 0.345. The van der Waals surface area contributed by atoms with Gasteiger partial charge in [-0.15, -0.1) is 0 Å². The zero-order chi connectivity index (χ0) is 22.0. The Morgan fingerprint density at radius 1 is 0.871 bits per heavy atom. The summed E-state index contributed by atoms with van der Waals surface area (Å²) in [6, 6.07) is 5.32. The maximum atomic E-state index is 14.9. The van der Waals surface area contributed by atoms with Crippen molar-refractivity contribution >= 4 is 0 Å². The fourth-order valence-electron chi connectivity index (χ4n) is 4.94. The number of allylic oxidation sites excluding steroid dienone is 2. The van der Waals surface area contributed by atoms with E-state index in [-0.39, 0.29) is 11.5 Å². The van der Waals surface area contributed by atoms with E-state index < -0.39 is 17.5 Å². The van der Waals surface area contributed by atoms with E-state index in [1.54, 1.807) is 12.1 Å².